The van der Waals surface area contributed by atoms with Crippen LogP contribution in [0.2, 0.25) is 0 Å². The van der Waals surface area contributed by atoms with Crippen LogP contribution >= 0.6 is 0 Å². The van der Waals surface area contributed by atoms with E-state index in [0.717, 1.165) is 17.2 Å². The van der Waals surface area contributed by atoms with Crippen LogP contribution in [0.5, 0.6) is 0 Å². The number of imidazole rings is 1. The number of aromatic nitrogens is 3. The highest BCUT2D eigenvalue weighted by Crippen LogP contribution is 2.06. The summed E-state index contributed by atoms with van der Waals surface area (Å²) >= 11 is 0. The van der Waals surface area contributed by atoms with Gasteiger partial charge in [0.25, 0.3) is 0 Å². The Balaban J connectivity index is 2.83. The van der Waals surface area contributed by atoms with Gasteiger partial charge in [-0.1, -0.05) is 0 Å². The van der Waals surface area contributed by atoms with Crippen LogP contribution in [0.25, 0.3) is 5.78 Å². The molecule has 0 radical (unpaired) electrons. The van der Waals surface area contributed by atoms with Crippen molar-refractivity contribution in [3.8, 4) is 0 Å². The maximum Gasteiger partial charge on any atom is 0.234 e. The minimum absolute atomic E-state index is 0.788. The van der Waals surface area contributed by atoms with Crippen molar-refractivity contribution in [1.29, 1.82) is 0 Å². The monoisotopic (exact) mass is 161 g/mol. The van der Waals surface area contributed by atoms with Crippen LogP contribution in [-0.4, -0.2) is 14.4 Å². The molecule has 2 rings (SSSR count). The summed E-state index contributed by atoms with van der Waals surface area (Å²) in [5.74, 6) is 0.788. The topological polar surface area (TPSA) is 30.2 Å². The summed E-state index contributed by atoms with van der Waals surface area (Å²) in [5, 5.41) is 0. The molecule has 0 amide bonds. The largest absolute Gasteiger partial charge is 0.291 e. The lowest BCUT2D eigenvalue weighted by atomic mass is 10.3. The Bertz CT molecular complexity index is 390. The minimum Gasteiger partial charge on any atom is -0.291 e. The van der Waals surface area contributed by atoms with Crippen molar-refractivity contribution < 1.29 is 0 Å². The molecule has 0 aliphatic heterocycles. The second-order valence-electron chi connectivity index (χ2n) is 3.10. The highest BCUT2D eigenvalue weighted by Gasteiger charge is 2.00. The molecule has 12 heavy (non-hydrogen) atoms. The Morgan fingerprint density at radius 2 is 1.83 bits per heavy atom. The zero-order chi connectivity index (χ0) is 8.72. The maximum atomic E-state index is 4.35. The van der Waals surface area contributed by atoms with Gasteiger partial charge in [0.05, 0.1) is 5.69 Å². The van der Waals surface area contributed by atoms with E-state index in [-0.39, 0.29) is 0 Å². The van der Waals surface area contributed by atoms with Gasteiger partial charge in [0.15, 0.2) is 0 Å². The molecule has 0 saturated heterocycles. The second kappa shape index (κ2) is 2.30. The lowest BCUT2D eigenvalue weighted by Crippen LogP contribution is -1.93. The highest BCUT2D eigenvalue weighted by molar-refractivity contribution is 5.34. The van der Waals surface area contributed by atoms with E-state index < -0.39 is 0 Å². The Labute approximate surface area is 71.1 Å². The quantitative estimate of drug-likeness (QED) is 0.588. The van der Waals surface area contributed by atoms with Gasteiger partial charge in [0, 0.05) is 18.1 Å². The van der Waals surface area contributed by atoms with Crippen LogP contribution in [0.1, 0.15) is 17.0 Å². The predicted molar refractivity (Wildman–Crippen MR) is 47.2 cm³/mol. The third-order valence-corrected chi connectivity index (χ3v) is 2.00. The molecule has 62 valence electrons. The summed E-state index contributed by atoms with van der Waals surface area (Å²) in [6, 6.07) is 0. The molecule has 0 bridgehead atoms. The van der Waals surface area contributed by atoms with E-state index in [9.17, 15) is 0 Å². The highest BCUT2D eigenvalue weighted by atomic mass is 15.1. The molecule has 3 heteroatoms. The predicted octanol–water partition coefficient (Wildman–Crippen LogP) is 1.65. The van der Waals surface area contributed by atoms with E-state index >= 15 is 0 Å². The van der Waals surface area contributed by atoms with Crippen LogP contribution in [0, 0.1) is 20.8 Å². The molecule has 0 saturated carbocycles. The minimum atomic E-state index is 0.788. The van der Waals surface area contributed by atoms with E-state index in [4.69, 9.17) is 0 Å². The van der Waals surface area contributed by atoms with Gasteiger partial charge in [-0.25, -0.2) is 9.97 Å². The first-order valence-corrected chi connectivity index (χ1v) is 3.96. The van der Waals surface area contributed by atoms with Gasteiger partial charge < -0.3 is 0 Å². The first kappa shape index (κ1) is 7.28. The fraction of sp³-hybridized carbons (Fsp3) is 0.333. The van der Waals surface area contributed by atoms with Crippen LogP contribution in [0.4, 0.5) is 0 Å². The molecule has 0 unspecified atom stereocenters. The van der Waals surface area contributed by atoms with Gasteiger partial charge in [-0.05, 0) is 26.3 Å². The summed E-state index contributed by atoms with van der Waals surface area (Å²) in [5.41, 5.74) is 3.25. The summed E-state index contributed by atoms with van der Waals surface area (Å²) in [6.07, 6.45) is 4.03. The number of nitrogens with zero attached hydrogens (tertiary/aromatic N) is 3. The van der Waals surface area contributed by atoms with E-state index in [0.29, 0.717) is 0 Å². The molecule has 0 atom stereocenters. The van der Waals surface area contributed by atoms with Gasteiger partial charge in [0.1, 0.15) is 0 Å². The van der Waals surface area contributed by atoms with E-state index in [1.807, 2.05) is 24.4 Å². The van der Waals surface area contributed by atoms with Crippen molar-refractivity contribution in [2.75, 3.05) is 0 Å². The average Bonchev–Trinajstić information content (AvgIpc) is 2.30. The van der Waals surface area contributed by atoms with Crippen molar-refractivity contribution in [2.45, 2.75) is 20.8 Å². The molecule has 0 N–H and O–H groups in total. The fourth-order valence-electron chi connectivity index (χ4n) is 1.22. The normalized spacial score (nSPS) is 10.9. The summed E-state index contributed by atoms with van der Waals surface area (Å²) < 4.78 is 1.96. The maximum absolute atomic E-state index is 4.35. The Morgan fingerprint density at radius 3 is 2.58 bits per heavy atom. The smallest absolute Gasteiger partial charge is 0.234 e. The van der Waals surface area contributed by atoms with Crippen molar-refractivity contribution in [1.82, 2.24) is 14.4 Å². The molecular weight excluding hydrogens is 150 g/mol. The van der Waals surface area contributed by atoms with Crippen molar-refractivity contribution in [3.05, 3.63) is 29.3 Å². The van der Waals surface area contributed by atoms with Gasteiger partial charge in [0.2, 0.25) is 5.78 Å². The van der Waals surface area contributed by atoms with Crippen molar-refractivity contribution in [2.24, 2.45) is 0 Å². The van der Waals surface area contributed by atoms with E-state index in [2.05, 4.69) is 23.1 Å². The summed E-state index contributed by atoms with van der Waals surface area (Å²) in [4.78, 5) is 8.61. The Hall–Kier alpha value is -1.38. The van der Waals surface area contributed by atoms with Gasteiger partial charge >= 0.3 is 0 Å². The van der Waals surface area contributed by atoms with Crippen LogP contribution in [0.15, 0.2) is 12.4 Å². The summed E-state index contributed by atoms with van der Waals surface area (Å²) in [6.45, 7) is 6.02. The van der Waals surface area contributed by atoms with E-state index in [1.165, 1.54) is 5.56 Å². The second-order valence-corrected chi connectivity index (χ2v) is 3.10. The third kappa shape index (κ3) is 0.978. The van der Waals surface area contributed by atoms with Gasteiger partial charge in [-0.2, -0.15) is 0 Å². The molecule has 2 aromatic rings. The fourth-order valence-corrected chi connectivity index (χ4v) is 1.22. The Morgan fingerprint density at radius 1 is 1.08 bits per heavy atom. The van der Waals surface area contributed by atoms with E-state index in [1.54, 1.807) is 0 Å². The number of hydrogen-bond acceptors (Lipinski definition) is 2. The van der Waals surface area contributed by atoms with Gasteiger partial charge in [-0.15, -0.1) is 0 Å². The molecule has 0 spiro atoms. The lowest BCUT2D eigenvalue weighted by Gasteiger charge is -1.98. The summed E-state index contributed by atoms with van der Waals surface area (Å²) in [7, 11) is 0. The first-order chi connectivity index (χ1) is 5.66. The van der Waals surface area contributed by atoms with Crippen molar-refractivity contribution in [3.63, 3.8) is 0 Å². The standard InChI is InChI=1S/C9H11N3/c1-6-4-12-5-7(2)10-9(12)11-8(6)3/h4-5H,1-3H3. The van der Waals surface area contributed by atoms with Crippen LogP contribution < -0.4 is 0 Å². The molecule has 0 fully saturated rings. The Kier molecular flexibility index (Phi) is 1.40. The average molecular weight is 161 g/mol. The molecule has 2 aromatic heterocycles. The third-order valence-electron chi connectivity index (χ3n) is 2.00. The SMILES string of the molecule is Cc1cn2cc(C)c(C)nc2n1. The van der Waals surface area contributed by atoms with Crippen molar-refractivity contribution >= 4 is 5.78 Å². The molecule has 0 aliphatic rings. The number of fused-ring (bicyclic) bond motifs is 1. The van der Waals surface area contributed by atoms with Crippen LogP contribution in [-0.2, 0) is 0 Å². The number of aryl methyl sites for hydroxylation is 3. The lowest BCUT2D eigenvalue weighted by molar-refractivity contribution is 1.04. The molecule has 3 nitrogen and oxygen atoms in total. The number of rotatable bonds is 0. The zero-order valence-corrected chi connectivity index (χ0v) is 7.50. The van der Waals surface area contributed by atoms with Gasteiger partial charge in [-0.3, -0.25) is 4.40 Å². The van der Waals surface area contributed by atoms with Crippen LogP contribution in [0.3, 0.4) is 0 Å². The zero-order valence-electron chi connectivity index (χ0n) is 7.50. The molecule has 0 aliphatic carbocycles. The molecule has 0 aromatic carbocycles. The molecular formula is C9H11N3. The number of hydrogen-bond donors (Lipinski definition) is 0. The molecule has 2 heterocycles. The first-order valence-electron chi connectivity index (χ1n) is 3.96.